The maximum Gasteiger partial charge on any atom is 0.221 e. The van der Waals surface area contributed by atoms with Gasteiger partial charge in [0.05, 0.1) is 5.75 Å². The van der Waals surface area contributed by atoms with Gasteiger partial charge in [0.15, 0.2) is 0 Å². The van der Waals surface area contributed by atoms with Gasteiger partial charge in [0.1, 0.15) is 9.84 Å². The van der Waals surface area contributed by atoms with Crippen molar-refractivity contribution in [3.63, 3.8) is 0 Å². The summed E-state index contributed by atoms with van der Waals surface area (Å²) in [7, 11) is -3.01. The van der Waals surface area contributed by atoms with Crippen LogP contribution in [0.2, 0.25) is 0 Å². The van der Waals surface area contributed by atoms with Crippen molar-refractivity contribution in [1.82, 2.24) is 5.32 Å². The van der Waals surface area contributed by atoms with Crippen LogP contribution in [0.4, 0.5) is 0 Å². The van der Waals surface area contributed by atoms with Crippen LogP contribution in [0.1, 0.15) is 13.3 Å². The average Bonchev–Trinajstić information content (AvgIpc) is 1.81. The Bertz CT molecular complexity index is 263. The summed E-state index contributed by atoms with van der Waals surface area (Å²) in [4.78, 5) is 11.0. The molecule has 0 rings (SSSR count). The molecule has 13 heavy (non-hydrogen) atoms. The Balaban J connectivity index is 3.88. The molecule has 6 heteroatoms. The molecule has 0 radical (unpaired) electrons. The normalized spacial score (nSPS) is 13.8. The van der Waals surface area contributed by atoms with Crippen molar-refractivity contribution in [2.24, 2.45) is 0 Å². The number of hydrogen-bond acceptors (Lipinski definition) is 3. The molecule has 0 saturated heterocycles. The quantitative estimate of drug-likeness (QED) is 0.733. The highest BCUT2D eigenvalue weighted by Gasteiger charge is 2.12. The molecule has 78 valence electrons. The summed E-state index contributed by atoms with van der Waals surface area (Å²) in [5.74, 6) is -0.144. The first-order chi connectivity index (χ1) is 5.85. The summed E-state index contributed by atoms with van der Waals surface area (Å²) >= 11 is 3.12. The summed E-state index contributed by atoms with van der Waals surface area (Å²) in [6.45, 7) is 1.67. The molecule has 0 heterocycles. The number of hydrogen-bond donors (Lipinski definition) is 1. The van der Waals surface area contributed by atoms with Gasteiger partial charge in [-0.05, 0) is 6.92 Å². The highest BCUT2D eigenvalue weighted by atomic mass is 79.9. The Morgan fingerprint density at radius 3 is 2.46 bits per heavy atom. The lowest BCUT2D eigenvalue weighted by Gasteiger charge is -2.11. The number of carbonyl (C=O) groups is 1. The van der Waals surface area contributed by atoms with Crippen LogP contribution in [0.25, 0.3) is 0 Å². The molecule has 0 bridgehead atoms. The van der Waals surface area contributed by atoms with Crippen molar-refractivity contribution >= 4 is 31.7 Å². The zero-order valence-corrected chi connectivity index (χ0v) is 10.1. The van der Waals surface area contributed by atoms with E-state index in [1.165, 1.54) is 0 Å². The van der Waals surface area contributed by atoms with E-state index < -0.39 is 9.84 Å². The Morgan fingerprint density at radius 1 is 1.54 bits per heavy atom. The van der Waals surface area contributed by atoms with E-state index >= 15 is 0 Å². The van der Waals surface area contributed by atoms with E-state index in [0.29, 0.717) is 11.8 Å². The van der Waals surface area contributed by atoms with Gasteiger partial charge in [-0.1, -0.05) is 15.9 Å². The molecule has 1 atom stereocenters. The molecule has 0 saturated carbocycles. The molecule has 1 unspecified atom stereocenters. The van der Waals surface area contributed by atoms with E-state index in [-0.39, 0.29) is 17.7 Å². The monoisotopic (exact) mass is 271 g/mol. The smallest absolute Gasteiger partial charge is 0.221 e. The van der Waals surface area contributed by atoms with Crippen LogP contribution in [-0.4, -0.2) is 37.7 Å². The fourth-order valence-corrected chi connectivity index (χ4v) is 2.28. The summed E-state index contributed by atoms with van der Waals surface area (Å²) in [5, 5.41) is 3.18. The van der Waals surface area contributed by atoms with Crippen LogP contribution >= 0.6 is 15.9 Å². The standard InChI is InChI=1S/C7H14BrNO3S/c1-6(5-13(2,11)12)9-7(10)3-4-8/h6H,3-5H2,1-2H3,(H,9,10). The lowest BCUT2D eigenvalue weighted by atomic mass is 10.3. The van der Waals surface area contributed by atoms with E-state index in [4.69, 9.17) is 0 Å². The molecule has 0 aliphatic rings. The van der Waals surface area contributed by atoms with Crippen molar-refractivity contribution in [2.75, 3.05) is 17.3 Å². The number of alkyl halides is 1. The SMILES string of the molecule is CC(CS(C)(=O)=O)NC(=O)CCBr. The van der Waals surface area contributed by atoms with Crippen LogP contribution in [0.3, 0.4) is 0 Å². The summed E-state index contributed by atoms with van der Waals surface area (Å²) in [6.07, 6.45) is 1.52. The first-order valence-electron chi connectivity index (χ1n) is 3.88. The predicted molar refractivity (Wildman–Crippen MR) is 55.7 cm³/mol. The van der Waals surface area contributed by atoms with E-state index in [0.717, 1.165) is 6.26 Å². The largest absolute Gasteiger partial charge is 0.353 e. The molecule has 0 aromatic carbocycles. The van der Waals surface area contributed by atoms with Crippen molar-refractivity contribution < 1.29 is 13.2 Å². The van der Waals surface area contributed by atoms with Crippen LogP contribution in [0.15, 0.2) is 0 Å². The van der Waals surface area contributed by atoms with Gasteiger partial charge in [-0.2, -0.15) is 0 Å². The third-order valence-electron chi connectivity index (χ3n) is 1.28. The molecule has 0 fully saturated rings. The predicted octanol–water partition coefficient (Wildman–Crippen LogP) is 0.321. The minimum absolute atomic E-state index is 0.0129. The third-order valence-corrected chi connectivity index (χ3v) is 2.78. The molecule has 0 aromatic rings. The van der Waals surface area contributed by atoms with Crippen LogP contribution < -0.4 is 5.32 Å². The Kier molecular flexibility index (Phi) is 5.55. The van der Waals surface area contributed by atoms with Gasteiger partial charge < -0.3 is 5.32 Å². The van der Waals surface area contributed by atoms with Gasteiger partial charge in [-0.25, -0.2) is 8.42 Å². The number of amides is 1. The van der Waals surface area contributed by atoms with Gasteiger partial charge in [0, 0.05) is 24.0 Å². The first-order valence-corrected chi connectivity index (χ1v) is 7.06. The number of rotatable bonds is 5. The van der Waals surface area contributed by atoms with Crippen molar-refractivity contribution in [3.8, 4) is 0 Å². The third kappa shape index (κ3) is 8.24. The Hall–Kier alpha value is -0.100. The van der Waals surface area contributed by atoms with E-state index in [2.05, 4.69) is 21.2 Å². The highest BCUT2D eigenvalue weighted by Crippen LogP contribution is 1.93. The summed E-state index contributed by atoms with van der Waals surface area (Å²) in [6, 6.07) is -0.318. The van der Waals surface area contributed by atoms with Crippen molar-refractivity contribution in [2.45, 2.75) is 19.4 Å². The molecule has 0 aliphatic carbocycles. The first kappa shape index (κ1) is 12.9. The summed E-state index contributed by atoms with van der Waals surface area (Å²) < 4.78 is 21.6. The van der Waals surface area contributed by atoms with Gasteiger partial charge in [0.25, 0.3) is 0 Å². The van der Waals surface area contributed by atoms with Gasteiger partial charge in [0.2, 0.25) is 5.91 Å². The number of sulfone groups is 1. The van der Waals surface area contributed by atoms with Gasteiger partial charge in [-0.3, -0.25) is 4.79 Å². The number of halogens is 1. The molecule has 0 aromatic heterocycles. The topological polar surface area (TPSA) is 63.2 Å². The maximum atomic E-state index is 11.0. The molecule has 0 aliphatic heterocycles. The molecule has 0 spiro atoms. The molecular weight excluding hydrogens is 258 g/mol. The highest BCUT2D eigenvalue weighted by molar-refractivity contribution is 9.09. The zero-order valence-electron chi connectivity index (χ0n) is 7.71. The molecule has 1 amide bonds. The maximum absolute atomic E-state index is 11.0. The van der Waals surface area contributed by atoms with Crippen molar-refractivity contribution in [3.05, 3.63) is 0 Å². The molecule has 1 N–H and O–H groups in total. The minimum Gasteiger partial charge on any atom is -0.353 e. The lowest BCUT2D eigenvalue weighted by molar-refractivity contribution is -0.121. The molecule has 4 nitrogen and oxygen atoms in total. The second-order valence-corrected chi connectivity index (χ2v) is 5.98. The van der Waals surface area contributed by atoms with Crippen LogP contribution in [0.5, 0.6) is 0 Å². The van der Waals surface area contributed by atoms with Crippen molar-refractivity contribution in [1.29, 1.82) is 0 Å². The molecular formula is C7H14BrNO3S. The van der Waals surface area contributed by atoms with Crippen LogP contribution in [0, 0.1) is 0 Å². The minimum atomic E-state index is -3.01. The lowest BCUT2D eigenvalue weighted by Crippen LogP contribution is -2.37. The second-order valence-electron chi connectivity index (χ2n) is 3.00. The Morgan fingerprint density at radius 2 is 2.08 bits per heavy atom. The van der Waals surface area contributed by atoms with Gasteiger partial charge in [-0.15, -0.1) is 0 Å². The fourth-order valence-electron chi connectivity index (χ4n) is 0.929. The zero-order chi connectivity index (χ0) is 10.5. The van der Waals surface area contributed by atoms with E-state index in [9.17, 15) is 13.2 Å². The van der Waals surface area contributed by atoms with E-state index in [1.807, 2.05) is 0 Å². The van der Waals surface area contributed by atoms with Gasteiger partial charge >= 0.3 is 0 Å². The second kappa shape index (κ2) is 5.59. The van der Waals surface area contributed by atoms with E-state index in [1.54, 1.807) is 6.92 Å². The average molecular weight is 272 g/mol. The Labute approximate surface area is 87.1 Å². The number of carbonyl (C=O) groups excluding carboxylic acids is 1. The fraction of sp³-hybridized carbons (Fsp3) is 0.857. The van der Waals surface area contributed by atoms with Crippen LogP contribution in [-0.2, 0) is 14.6 Å². The number of nitrogens with one attached hydrogen (secondary N) is 1. The summed E-state index contributed by atoms with van der Waals surface area (Å²) in [5.41, 5.74) is 0.